The quantitative estimate of drug-likeness (QED) is 0.138. The van der Waals surface area contributed by atoms with E-state index in [1.807, 2.05) is 87.8 Å². The van der Waals surface area contributed by atoms with Crippen LogP contribution in [0, 0.1) is 0 Å². The number of pyridine rings is 4. The van der Waals surface area contributed by atoms with Crippen molar-refractivity contribution in [3.05, 3.63) is 388 Å². The van der Waals surface area contributed by atoms with Gasteiger partial charge >= 0.3 is 0 Å². The zero-order chi connectivity index (χ0) is 90.7. The zero-order valence-electron chi connectivity index (χ0n) is 73.8. The minimum atomic E-state index is 0.898. The van der Waals surface area contributed by atoms with E-state index in [9.17, 15) is 0 Å². The third-order valence-corrected chi connectivity index (χ3v) is 34.2. The molecule has 0 unspecified atom stereocenters. The Hall–Kier alpha value is -17.6. The summed E-state index contributed by atoms with van der Waals surface area (Å²) in [5.74, 6) is 0. The Morgan fingerprint density at radius 1 is 0.157 bits per heavy atom. The fraction of sp³-hybridized carbons (Fsp3) is 0. The van der Waals surface area contributed by atoms with Crippen LogP contribution in [-0.2, 0) is 0 Å². The summed E-state index contributed by atoms with van der Waals surface area (Å²) < 4.78 is 45.3. The van der Waals surface area contributed by atoms with Gasteiger partial charge in [0.15, 0.2) is 0 Å². The highest BCUT2D eigenvalue weighted by Gasteiger charge is 2.29. The number of para-hydroxylation sites is 12. The number of fused-ring (bicyclic) bond motifs is 62. The van der Waals surface area contributed by atoms with Gasteiger partial charge in [-0.3, -0.25) is 17.6 Å². The molecule has 36 rings (SSSR count). The number of hydrogen-bond acceptors (Lipinski definition) is 12. The largest absolute Gasteiger partial charge is 0.456 e. The number of nitrogens with zero attached hydrogens (tertiary/aromatic N) is 8. The van der Waals surface area contributed by atoms with Gasteiger partial charge in [0.05, 0.1) is 71.6 Å². The standard InChI is InChI=1S/4C31H16N2OS/c1-5-11-24-19(8-1)27-25(34-24)16-14-20-28(27)29-23(33-22-10-4-3-9-21(22)32-31(20)33)15-13-18-17-7-2-6-12-26(17)35-30(18)29;1-5-11-25-17(7-1)19-15-20-21(16-26(19)34-25)31-32-22-9-3-4-10-23(22)33(31)24-13-14-28-30(29(20)24)18-8-2-6-12-27(18)35-28;1-5-11-26-17(7-1)20-15-21-22(16-27(20)34-26)31-32-23-9-3-4-10-24(23)33(31)25-14-13-19-18-8-2-6-12-28(18)35-30(19)29(21)25;1-5-11-25-17(7-1)19-13-14-21-27-24(16-15-20-18-8-2-6-12-26(18)35-30(20)27)33-23-10-4-3-9-22(23)32-31(33)28(21)29(19)34-25/h4*1-16H. The number of imidazole rings is 4. The van der Waals surface area contributed by atoms with Crippen LogP contribution < -0.4 is 0 Å². The van der Waals surface area contributed by atoms with E-state index in [4.69, 9.17) is 37.6 Å². The van der Waals surface area contributed by atoms with Crippen molar-refractivity contribution >= 4 is 367 Å². The summed E-state index contributed by atoms with van der Waals surface area (Å²) in [6.07, 6.45) is 0. The molecule has 16 aromatic heterocycles. The molecule has 16 heteroatoms. The lowest BCUT2D eigenvalue weighted by atomic mass is 9.98. The summed E-state index contributed by atoms with van der Waals surface area (Å²) in [6, 6.07) is 138. The van der Waals surface area contributed by atoms with Crippen LogP contribution in [0.4, 0.5) is 0 Å². The monoisotopic (exact) mass is 1860 g/mol. The molecule has 0 fully saturated rings. The Kier molecular flexibility index (Phi) is 15.2. The van der Waals surface area contributed by atoms with E-state index >= 15 is 0 Å². The van der Waals surface area contributed by atoms with Crippen LogP contribution in [0.15, 0.2) is 406 Å². The van der Waals surface area contributed by atoms with Gasteiger partial charge in [0.2, 0.25) is 0 Å². The maximum absolute atomic E-state index is 6.54. The minimum absolute atomic E-state index is 0.898. The summed E-state index contributed by atoms with van der Waals surface area (Å²) in [6.45, 7) is 0. The number of benzene rings is 20. The highest BCUT2D eigenvalue weighted by molar-refractivity contribution is 7.28. The molecule has 0 aliphatic heterocycles. The lowest BCUT2D eigenvalue weighted by Crippen LogP contribution is -1.92. The summed E-state index contributed by atoms with van der Waals surface area (Å²) >= 11 is 7.48. The van der Waals surface area contributed by atoms with Crippen molar-refractivity contribution in [2.75, 3.05) is 0 Å². The highest BCUT2D eigenvalue weighted by Crippen LogP contribution is 2.53. The third kappa shape index (κ3) is 10.3. The molecule has 0 radical (unpaired) electrons. The third-order valence-electron chi connectivity index (χ3n) is 29.4. The molecule has 20 aromatic carbocycles. The number of thiophene rings is 4. The first-order valence-electron chi connectivity index (χ1n) is 46.9. The van der Waals surface area contributed by atoms with Crippen molar-refractivity contribution in [1.82, 2.24) is 37.5 Å². The Labute approximate surface area is 804 Å². The van der Waals surface area contributed by atoms with Gasteiger partial charge in [-0.05, 0) is 186 Å². The van der Waals surface area contributed by atoms with Gasteiger partial charge in [-0.2, -0.15) is 0 Å². The Balaban J connectivity index is 0.0000000829. The topological polar surface area (TPSA) is 122 Å². The molecule has 0 spiro atoms. The van der Waals surface area contributed by atoms with Gasteiger partial charge in [-0.25, -0.2) is 19.9 Å². The van der Waals surface area contributed by atoms with Gasteiger partial charge < -0.3 is 17.7 Å². The van der Waals surface area contributed by atoms with Crippen LogP contribution in [0.2, 0.25) is 0 Å². The Bertz CT molecular complexity index is 12000. The normalized spacial score (nSPS) is 12.6. The lowest BCUT2D eigenvalue weighted by molar-refractivity contribution is 0.669. The van der Waals surface area contributed by atoms with Crippen molar-refractivity contribution in [2.45, 2.75) is 0 Å². The average Bonchev–Trinajstić information content (AvgIpc) is 1.53. The van der Waals surface area contributed by atoms with Gasteiger partial charge in [0, 0.05) is 167 Å². The molecule has 0 bridgehead atoms. The van der Waals surface area contributed by atoms with Gasteiger partial charge in [0.25, 0.3) is 0 Å². The maximum atomic E-state index is 6.54. The summed E-state index contributed by atoms with van der Waals surface area (Å²) in [4.78, 5) is 20.5. The number of rotatable bonds is 0. The Morgan fingerprint density at radius 3 is 1.01 bits per heavy atom. The highest BCUT2D eigenvalue weighted by atomic mass is 32.1. The van der Waals surface area contributed by atoms with Gasteiger partial charge in [-0.15, -0.1) is 45.3 Å². The number of aromatic nitrogens is 8. The van der Waals surface area contributed by atoms with Crippen LogP contribution in [0.3, 0.4) is 0 Å². The van der Waals surface area contributed by atoms with E-state index in [-0.39, 0.29) is 0 Å². The molecule has 12 nitrogen and oxygen atoms in total. The van der Waals surface area contributed by atoms with E-state index in [0.29, 0.717) is 0 Å². The molecular formula is C124H64N8O4S4. The first kappa shape index (κ1) is 75.6. The van der Waals surface area contributed by atoms with E-state index in [1.165, 1.54) is 151 Å². The molecule has 0 aliphatic rings. The van der Waals surface area contributed by atoms with Crippen molar-refractivity contribution in [1.29, 1.82) is 0 Å². The fourth-order valence-electron chi connectivity index (χ4n) is 23.5. The van der Waals surface area contributed by atoms with Crippen LogP contribution >= 0.6 is 45.3 Å². The van der Waals surface area contributed by atoms with Crippen molar-refractivity contribution < 1.29 is 17.7 Å². The van der Waals surface area contributed by atoms with Crippen LogP contribution in [0.1, 0.15) is 0 Å². The second kappa shape index (κ2) is 28.0. The van der Waals surface area contributed by atoms with Crippen molar-refractivity contribution in [3.8, 4) is 0 Å². The average molecular weight is 1860 g/mol. The molecule has 648 valence electrons. The second-order valence-corrected chi connectivity index (χ2v) is 40.9. The maximum Gasteiger partial charge on any atom is 0.150 e. The van der Waals surface area contributed by atoms with Crippen LogP contribution in [-0.4, -0.2) is 37.5 Å². The summed E-state index contributed by atoms with van der Waals surface area (Å²) in [5, 5.41) is 34.0. The molecule has 0 saturated carbocycles. The van der Waals surface area contributed by atoms with Crippen molar-refractivity contribution in [2.24, 2.45) is 0 Å². The smallest absolute Gasteiger partial charge is 0.150 e. The molecule has 0 amide bonds. The molecule has 36 aromatic rings. The molecular weight excluding hydrogens is 1790 g/mol. The second-order valence-electron chi connectivity index (χ2n) is 36.7. The first-order chi connectivity index (χ1) is 69.4. The lowest BCUT2D eigenvalue weighted by Gasteiger charge is -2.11. The molecule has 0 N–H and O–H groups in total. The minimum Gasteiger partial charge on any atom is -0.456 e. The summed E-state index contributed by atoms with van der Waals surface area (Å²) in [5.41, 5.74) is 24.4. The fourth-order valence-corrected chi connectivity index (χ4v) is 28.4. The van der Waals surface area contributed by atoms with Gasteiger partial charge in [-0.1, -0.05) is 218 Å². The van der Waals surface area contributed by atoms with Crippen LogP contribution in [0.5, 0.6) is 0 Å². The van der Waals surface area contributed by atoms with E-state index in [2.05, 4.69) is 363 Å². The first-order valence-corrected chi connectivity index (χ1v) is 50.2. The SMILES string of the molecule is c1ccc2c(c1)nc1c3c(ccc4c5ccccc5oc43)c3c4sc5ccccc5c4ccc3n21.c1ccc2c(c1)nc1c3cc4oc5ccccc5c4cc3c3c4c(ccc3n21)sc1ccccc14.c1ccc2c(c1)nc1c3cc4oc5ccccc5c4cc3c3c4sc5ccccc5c4ccc3n21.c1ccc2c(c1)nc1c3ccc4oc5ccccc5c4c3c3c4sc5ccccc5c4ccc3n21. The zero-order valence-corrected chi connectivity index (χ0v) is 77.1. The predicted octanol–water partition coefficient (Wildman–Crippen LogP) is 36.2. The molecule has 16 heterocycles. The van der Waals surface area contributed by atoms with E-state index in [0.717, 1.165) is 171 Å². The number of hydrogen-bond donors (Lipinski definition) is 0. The molecule has 0 saturated heterocycles. The molecule has 0 aliphatic carbocycles. The Morgan fingerprint density at radius 2 is 0.500 bits per heavy atom. The van der Waals surface area contributed by atoms with Crippen LogP contribution in [0.25, 0.3) is 322 Å². The predicted molar refractivity (Wildman–Crippen MR) is 592 cm³/mol. The molecule has 140 heavy (non-hydrogen) atoms. The molecule has 0 atom stereocenters. The van der Waals surface area contributed by atoms with E-state index < -0.39 is 0 Å². The summed E-state index contributed by atoms with van der Waals surface area (Å²) in [7, 11) is 0. The van der Waals surface area contributed by atoms with Crippen molar-refractivity contribution in [3.63, 3.8) is 0 Å². The number of furan rings is 4. The van der Waals surface area contributed by atoms with Gasteiger partial charge in [0.1, 0.15) is 67.3 Å². The van der Waals surface area contributed by atoms with E-state index in [1.54, 1.807) is 0 Å².